The molecule has 1 aromatic heterocycles. The second kappa shape index (κ2) is 4.64. The van der Waals surface area contributed by atoms with Gasteiger partial charge in [0.05, 0.1) is 15.3 Å². The lowest BCUT2D eigenvalue weighted by molar-refractivity contribution is 0.0699. The first-order valence-corrected chi connectivity index (χ1v) is 7.59. The summed E-state index contributed by atoms with van der Waals surface area (Å²) in [4.78, 5) is 25.5. The van der Waals surface area contributed by atoms with Crippen molar-refractivity contribution in [3.63, 3.8) is 0 Å². The average molecular weight is 306 g/mol. The number of carboxylic acids is 1. The van der Waals surface area contributed by atoms with Gasteiger partial charge in [-0.05, 0) is 11.1 Å². The minimum absolute atomic E-state index is 0.0831. The van der Waals surface area contributed by atoms with Gasteiger partial charge in [0.1, 0.15) is 0 Å². The van der Waals surface area contributed by atoms with Crippen LogP contribution in [0.4, 0.5) is 0 Å². The van der Waals surface area contributed by atoms with E-state index in [-0.39, 0.29) is 11.3 Å². The van der Waals surface area contributed by atoms with Gasteiger partial charge in [-0.3, -0.25) is 4.79 Å². The third-order valence-electron chi connectivity index (χ3n) is 3.81. The Morgan fingerprint density at radius 2 is 1.50 bits per heavy atom. The van der Waals surface area contributed by atoms with E-state index in [9.17, 15) is 14.7 Å². The maximum atomic E-state index is 12.5. The van der Waals surface area contributed by atoms with Gasteiger partial charge in [0.15, 0.2) is 0 Å². The summed E-state index contributed by atoms with van der Waals surface area (Å²) in [6.45, 7) is 0. The molecule has 4 rings (SSSR count). The summed E-state index contributed by atoms with van der Waals surface area (Å²) < 4.78 is 0. The number of thiophene rings is 1. The second-order valence-corrected chi connectivity index (χ2v) is 6.08. The van der Waals surface area contributed by atoms with Crippen molar-refractivity contribution in [2.45, 2.75) is 0 Å². The van der Waals surface area contributed by atoms with Crippen LogP contribution in [0.3, 0.4) is 0 Å². The quantitative estimate of drug-likeness (QED) is 0.600. The number of aromatic carboxylic acids is 1. The van der Waals surface area contributed by atoms with E-state index in [1.165, 1.54) is 11.3 Å². The molecule has 0 unspecified atom stereocenters. The van der Waals surface area contributed by atoms with E-state index in [1.807, 2.05) is 42.5 Å². The van der Waals surface area contributed by atoms with Crippen LogP contribution in [0.25, 0.3) is 21.6 Å². The molecule has 1 aliphatic carbocycles. The molecule has 3 aromatic rings. The Morgan fingerprint density at radius 1 is 0.864 bits per heavy atom. The van der Waals surface area contributed by atoms with Gasteiger partial charge in [0.2, 0.25) is 5.78 Å². The van der Waals surface area contributed by atoms with Gasteiger partial charge in [-0.25, -0.2) is 4.79 Å². The maximum Gasteiger partial charge on any atom is 0.337 e. The highest BCUT2D eigenvalue weighted by Gasteiger charge is 2.35. The number of ketones is 1. The molecule has 0 fully saturated rings. The van der Waals surface area contributed by atoms with Gasteiger partial charge in [-0.15, -0.1) is 11.3 Å². The van der Waals surface area contributed by atoms with Crippen LogP contribution < -0.4 is 0 Å². The van der Waals surface area contributed by atoms with Crippen molar-refractivity contribution in [1.29, 1.82) is 0 Å². The zero-order valence-corrected chi connectivity index (χ0v) is 12.2. The topological polar surface area (TPSA) is 54.4 Å². The highest BCUT2D eigenvalue weighted by atomic mass is 32.1. The number of carbonyl (C=O) groups is 2. The number of rotatable bonds is 2. The molecule has 106 valence electrons. The molecule has 0 bridgehead atoms. The monoisotopic (exact) mass is 306 g/mol. The molecule has 0 amide bonds. The van der Waals surface area contributed by atoms with E-state index in [0.717, 1.165) is 11.1 Å². The number of hydrogen-bond acceptors (Lipinski definition) is 3. The normalized spacial score (nSPS) is 12.1. The van der Waals surface area contributed by atoms with Crippen LogP contribution in [0.1, 0.15) is 25.6 Å². The van der Waals surface area contributed by atoms with E-state index in [4.69, 9.17) is 0 Å². The van der Waals surface area contributed by atoms with Crippen molar-refractivity contribution < 1.29 is 14.7 Å². The Balaban J connectivity index is 2.07. The number of benzene rings is 2. The molecule has 4 heteroatoms. The summed E-state index contributed by atoms with van der Waals surface area (Å²) in [7, 11) is 0. The molecule has 1 N–H and O–H groups in total. The van der Waals surface area contributed by atoms with Crippen molar-refractivity contribution in [3.8, 4) is 21.6 Å². The van der Waals surface area contributed by atoms with Crippen LogP contribution in [0, 0.1) is 0 Å². The minimum atomic E-state index is -0.999. The summed E-state index contributed by atoms with van der Waals surface area (Å²) >= 11 is 1.26. The lowest BCUT2D eigenvalue weighted by Gasteiger charge is -2.04. The number of fused-ring (bicyclic) bond motifs is 3. The first-order valence-electron chi connectivity index (χ1n) is 6.78. The van der Waals surface area contributed by atoms with Crippen molar-refractivity contribution in [2.75, 3.05) is 0 Å². The predicted molar refractivity (Wildman–Crippen MR) is 85.6 cm³/mol. The summed E-state index contributed by atoms with van der Waals surface area (Å²) in [5, 5.41) is 9.69. The standard InChI is InChI=1S/C18H10O3S/c19-15-12-9-5-4-8-11(12)13-14(18(20)21)16(22-17(13)15)10-6-2-1-3-7-10/h1-9H,(H,20,21). The van der Waals surface area contributed by atoms with Gasteiger partial charge in [-0.1, -0.05) is 54.6 Å². The molecule has 0 radical (unpaired) electrons. The highest BCUT2D eigenvalue weighted by Crippen LogP contribution is 2.48. The fourth-order valence-electron chi connectivity index (χ4n) is 2.87. The van der Waals surface area contributed by atoms with Crippen LogP contribution in [0.2, 0.25) is 0 Å². The average Bonchev–Trinajstić information content (AvgIpc) is 3.06. The number of hydrogen-bond donors (Lipinski definition) is 1. The van der Waals surface area contributed by atoms with E-state index in [2.05, 4.69) is 0 Å². The Morgan fingerprint density at radius 3 is 2.18 bits per heavy atom. The van der Waals surface area contributed by atoms with Gasteiger partial charge < -0.3 is 5.11 Å². The van der Waals surface area contributed by atoms with Gasteiger partial charge >= 0.3 is 5.97 Å². The van der Waals surface area contributed by atoms with E-state index in [1.54, 1.807) is 12.1 Å². The van der Waals surface area contributed by atoms with Crippen molar-refractivity contribution in [3.05, 3.63) is 70.6 Å². The fraction of sp³-hybridized carbons (Fsp3) is 0. The Labute approximate surface area is 130 Å². The fourth-order valence-corrected chi connectivity index (χ4v) is 4.13. The van der Waals surface area contributed by atoms with E-state index in [0.29, 0.717) is 20.9 Å². The van der Waals surface area contributed by atoms with Crippen molar-refractivity contribution in [1.82, 2.24) is 0 Å². The van der Waals surface area contributed by atoms with Gasteiger partial charge in [0, 0.05) is 11.1 Å². The zero-order chi connectivity index (χ0) is 15.3. The molecule has 0 atom stereocenters. The molecular formula is C18H10O3S. The molecule has 2 aromatic carbocycles. The molecule has 0 spiro atoms. The first-order chi connectivity index (χ1) is 10.7. The summed E-state index contributed by atoms with van der Waals surface area (Å²) in [6, 6.07) is 16.5. The second-order valence-electron chi connectivity index (χ2n) is 5.06. The molecule has 1 aliphatic rings. The molecule has 0 saturated heterocycles. The number of carboxylic acid groups (broad SMARTS) is 1. The van der Waals surface area contributed by atoms with Crippen LogP contribution >= 0.6 is 11.3 Å². The third-order valence-corrected chi connectivity index (χ3v) is 5.04. The van der Waals surface area contributed by atoms with E-state index >= 15 is 0 Å². The Hall–Kier alpha value is -2.72. The summed E-state index contributed by atoms with van der Waals surface area (Å²) in [5.74, 6) is -1.08. The third kappa shape index (κ3) is 1.68. The molecule has 1 heterocycles. The molecule has 0 saturated carbocycles. The van der Waals surface area contributed by atoms with E-state index < -0.39 is 5.97 Å². The van der Waals surface area contributed by atoms with Crippen LogP contribution in [0.15, 0.2) is 54.6 Å². The van der Waals surface area contributed by atoms with Gasteiger partial charge in [0.25, 0.3) is 0 Å². The smallest absolute Gasteiger partial charge is 0.337 e. The Kier molecular flexibility index (Phi) is 2.74. The minimum Gasteiger partial charge on any atom is -0.478 e. The van der Waals surface area contributed by atoms with Gasteiger partial charge in [-0.2, -0.15) is 0 Å². The summed E-state index contributed by atoms with van der Waals surface area (Å²) in [6.07, 6.45) is 0. The van der Waals surface area contributed by atoms with Crippen LogP contribution in [-0.4, -0.2) is 16.9 Å². The zero-order valence-electron chi connectivity index (χ0n) is 11.4. The summed E-state index contributed by atoms with van der Waals surface area (Å²) in [5.41, 5.74) is 2.93. The number of carbonyl (C=O) groups excluding carboxylic acids is 1. The van der Waals surface area contributed by atoms with Crippen LogP contribution in [-0.2, 0) is 0 Å². The highest BCUT2D eigenvalue weighted by molar-refractivity contribution is 7.19. The van der Waals surface area contributed by atoms with Crippen molar-refractivity contribution in [2.24, 2.45) is 0 Å². The predicted octanol–water partition coefficient (Wildman–Crippen LogP) is 4.32. The lowest BCUT2D eigenvalue weighted by Crippen LogP contribution is -1.98. The lowest BCUT2D eigenvalue weighted by atomic mass is 10.0. The van der Waals surface area contributed by atoms with Crippen molar-refractivity contribution >= 4 is 23.1 Å². The first kappa shape index (κ1) is 13.0. The molecule has 0 aliphatic heterocycles. The molecular weight excluding hydrogens is 296 g/mol. The maximum absolute atomic E-state index is 12.5. The van der Waals surface area contributed by atoms with Crippen LogP contribution in [0.5, 0.6) is 0 Å². The molecule has 22 heavy (non-hydrogen) atoms. The Bertz CT molecular complexity index is 923. The molecule has 3 nitrogen and oxygen atoms in total. The SMILES string of the molecule is O=C1c2ccccc2-c2c1sc(-c1ccccc1)c2C(=O)O. The largest absolute Gasteiger partial charge is 0.478 e.